The smallest absolute Gasteiger partial charge is 0.126 e. The quantitative estimate of drug-likeness (QED) is 0.867. The van der Waals surface area contributed by atoms with Crippen LogP contribution in [0.15, 0.2) is 42.5 Å². The van der Waals surface area contributed by atoms with Crippen LogP contribution in [0.4, 0.5) is 4.39 Å². The third kappa shape index (κ3) is 3.08. The van der Waals surface area contributed by atoms with Gasteiger partial charge in [0.1, 0.15) is 11.6 Å². The van der Waals surface area contributed by atoms with E-state index in [-0.39, 0.29) is 11.6 Å². The zero-order valence-corrected chi connectivity index (χ0v) is 10.3. The van der Waals surface area contributed by atoms with Gasteiger partial charge in [-0.1, -0.05) is 30.3 Å². The standard InChI is InChI=1S/C15H16FNO/c1-11-6-7-12(8-14(11)16)9-17-10-13-4-2-3-5-15(13)18/h2-8,17-18H,9-10H2,1H3. The second-order valence-corrected chi connectivity index (χ2v) is 4.32. The number of rotatable bonds is 4. The highest BCUT2D eigenvalue weighted by atomic mass is 19.1. The monoisotopic (exact) mass is 245 g/mol. The molecule has 18 heavy (non-hydrogen) atoms. The molecule has 0 fully saturated rings. The van der Waals surface area contributed by atoms with Gasteiger partial charge < -0.3 is 10.4 Å². The van der Waals surface area contributed by atoms with Crippen LogP contribution < -0.4 is 5.32 Å². The van der Waals surface area contributed by atoms with Gasteiger partial charge in [0.2, 0.25) is 0 Å². The van der Waals surface area contributed by atoms with Crippen LogP contribution in [-0.4, -0.2) is 5.11 Å². The van der Waals surface area contributed by atoms with Gasteiger partial charge in [-0.3, -0.25) is 0 Å². The number of aromatic hydroxyl groups is 1. The Morgan fingerprint density at radius 3 is 2.61 bits per heavy atom. The van der Waals surface area contributed by atoms with Gasteiger partial charge in [-0.2, -0.15) is 0 Å². The average molecular weight is 245 g/mol. The minimum absolute atomic E-state index is 0.183. The number of aryl methyl sites for hydroxylation is 1. The maximum absolute atomic E-state index is 13.3. The fourth-order valence-electron chi connectivity index (χ4n) is 1.75. The summed E-state index contributed by atoms with van der Waals surface area (Å²) in [5.74, 6) is 0.0944. The van der Waals surface area contributed by atoms with E-state index in [1.807, 2.05) is 18.2 Å². The lowest BCUT2D eigenvalue weighted by Gasteiger charge is -2.07. The molecule has 3 heteroatoms. The van der Waals surface area contributed by atoms with Crippen LogP contribution in [0.2, 0.25) is 0 Å². The molecule has 94 valence electrons. The molecule has 2 aromatic rings. The zero-order valence-electron chi connectivity index (χ0n) is 10.3. The van der Waals surface area contributed by atoms with Gasteiger partial charge in [-0.25, -0.2) is 4.39 Å². The van der Waals surface area contributed by atoms with Crippen LogP contribution in [0.3, 0.4) is 0 Å². The van der Waals surface area contributed by atoms with Gasteiger partial charge in [-0.15, -0.1) is 0 Å². The number of halogens is 1. The maximum Gasteiger partial charge on any atom is 0.126 e. The van der Waals surface area contributed by atoms with Crippen LogP contribution in [0.5, 0.6) is 5.75 Å². The van der Waals surface area contributed by atoms with E-state index in [4.69, 9.17) is 0 Å². The van der Waals surface area contributed by atoms with E-state index in [0.29, 0.717) is 18.7 Å². The molecular formula is C15H16FNO. The molecule has 2 aromatic carbocycles. The van der Waals surface area contributed by atoms with Crippen LogP contribution in [0.25, 0.3) is 0 Å². The molecule has 0 spiro atoms. The predicted molar refractivity (Wildman–Crippen MR) is 69.8 cm³/mol. The molecule has 0 unspecified atom stereocenters. The Labute approximate surface area is 106 Å². The topological polar surface area (TPSA) is 32.3 Å². The lowest BCUT2D eigenvalue weighted by molar-refractivity contribution is 0.464. The Hall–Kier alpha value is -1.87. The van der Waals surface area contributed by atoms with Crippen molar-refractivity contribution < 1.29 is 9.50 Å². The molecular weight excluding hydrogens is 229 g/mol. The molecule has 2 nitrogen and oxygen atoms in total. The predicted octanol–water partition coefficient (Wildman–Crippen LogP) is 3.13. The summed E-state index contributed by atoms with van der Waals surface area (Å²) in [5.41, 5.74) is 2.39. The number of hydrogen-bond acceptors (Lipinski definition) is 2. The van der Waals surface area contributed by atoms with Crippen LogP contribution in [0, 0.1) is 12.7 Å². The van der Waals surface area contributed by atoms with E-state index in [9.17, 15) is 9.50 Å². The van der Waals surface area contributed by atoms with Crippen molar-refractivity contribution in [2.24, 2.45) is 0 Å². The van der Waals surface area contributed by atoms with Crippen molar-refractivity contribution in [2.45, 2.75) is 20.0 Å². The summed E-state index contributed by atoms with van der Waals surface area (Å²) >= 11 is 0. The highest BCUT2D eigenvalue weighted by Crippen LogP contribution is 2.15. The number of hydrogen-bond donors (Lipinski definition) is 2. The summed E-state index contributed by atoms with van der Waals surface area (Å²) in [7, 11) is 0. The van der Waals surface area contributed by atoms with Crippen LogP contribution in [-0.2, 0) is 13.1 Å². The number of para-hydroxylation sites is 1. The van der Waals surface area contributed by atoms with E-state index in [2.05, 4.69) is 5.32 Å². The summed E-state index contributed by atoms with van der Waals surface area (Å²) in [5, 5.41) is 12.8. The summed E-state index contributed by atoms with van der Waals surface area (Å²) in [4.78, 5) is 0. The third-order valence-corrected chi connectivity index (χ3v) is 2.87. The van der Waals surface area contributed by atoms with Gasteiger partial charge >= 0.3 is 0 Å². The summed E-state index contributed by atoms with van der Waals surface area (Å²) in [6.07, 6.45) is 0. The molecule has 0 amide bonds. The van der Waals surface area contributed by atoms with Crippen LogP contribution in [0.1, 0.15) is 16.7 Å². The molecule has 0 atom stereocenters. The van der Waals surface area contributed by atoms with Gasteiger partial charge in [0.25, 0.3) is 0 Å². The van der Waals surface area contributed by atoms with Crippen molar-refractivity contribution in [1.29, 1.82) is 0 Å². The molecule has 0 saturated heterocycles. The maximum atomic E-state index is 13.3. The first-order chi connectivity index (χ1) is 8.66. The average Bonchev–Trinajstić information content (AvgIpc) is 2.36. The molecule has 0 aliphatic rings. The second kappa shape index (κ2) is 5.65. The van der Waals surface area contributed by atoms with Crippen molar-refractivity contribution in [1.82, 2.24) is 5.32 Å². The number of phenolic OH excluding ortho intramolecular Hbond substituents is 1. The minimum Gasteiger partial charge on any atom is -0.508 e. The largest absolute Gasteiger partial charge is 0.508 e. The van der Waals surface area contributed by atoms with Crippen LogP contribution >= 0.6 is 0 Å². The Bertz CT molecular complexity index is 540. The Morgan fingerprint density at radius 2 is 1.89 bits per heavy atom. The van der Waals surface area contributed by atoms with Crippen molar-refractivity contribution in [3.63, 3.8) is 0 Å². The van der Waals surface area contributed by atoms with Crippen molar-refractivity contribution in [3.8, 4) is 5.75 Å². The number of nitrogens with one attached hydrogen (secondary N) is 1. The molecule has 2 N–H and O–H groups in total. The van der Waals surface area contributed by atoms with E-state index >= 15 is 0 Å². The summed E-state index contributed by atoms with van der Waals surface area (Å²) in [6, 6.07) is 12.4. The van der Waals surface area contributed by atoms with Gasteiger partial charge in [0, 0.05) is 18.7 Å². The number of phenols is 1. The van der Waals surface area contributed by atoms with Gasteiger partial charge in [-0.05, 0) is 30.2 Å². The normalized spacial score (nSPS) is 10.6. The van der Waals surface area contributed by atoms with E-state index in [1.54, 1.807) is 25.1 Å². The fraction of sp³-hybridized carbons (Fsp3) is 0.200. The van der Waals surface area contributed by atoms with E-state index in [1.165, 1.54) is 6.07 Å². The minimum atomic E-state index is -0.183. The molecule has 0 aliphatic heterocycles. The number of benzene rings is 2. The lowest BCUT2D eigenvalue weighted by atomic mass is 10.1. The first-order valence-corrected chi connectivity index (χ1v) is 5.89. The zero-order chi connectivity index (χ0) is 13.0. The molecule has 0 saturated carbocycles. The Balaban J connectivity index is 1.92. The van der Waals surface area contributed by atoms with E-state index < -0.39 is 0 Å². The Morgan fingerprint density at radius 1 is 1.11 bits per heavy atom. The Kier molecular flexibility index (Phi) is 3.95. The van der Waals surface area contributed by atoms with Crippen molar-refractivity contribution in [2.75, 3.05) is 0 Å². The van der Waals surface area contributed by atoms with Crippen molar-refractivity contribution >= 4 is 0 Å². The summed E-state index contributed by atoms with van der Waals surface area (Å²) in [6.45, 7) is 2.88. The van der Waals surface area contributed by atoms with Gasteiger partial charge in [0.15, 0.2) is 0 Å². The highest BCUT2D eigenvalue weighted by molar-refractivity contribution is 5.31. The lowest BCUT2D eigenvalue weighted by Crippen LogP contribution is -2.12. The second-order valence-electron chi connectivity index (χ2n) is 4.32. The highest BCUT2D eigenvalue weighted by Gasteiger charge is 2.01. The molecule has 0 heterocycles. The van der Waals surface area contributed by atoms with E-state index in [0.717, 1.165) is 11.1 Å². The van der Waals surface area contributed by atoms with Crippen molar-refractivity contribution in [3.05, 3.63) is 65.0 Å². The first-order valence-electron chi connectivity index (χ1n) is 5.89. The van der Waals surface area contributed by atoms with Gasteiger partial charge in [0.05, 0.1) is 0 Å². The SMILES string of the molecule is Cc1ccc(CNCc2ccccc2O)cc1F. The fourth-order valence-corrected chi connectivity index (χ4v) is 1.75. The summed E-state index contributed by atoms with van der Waals surface area (Å²) < 4.78 is 13.3. The third-order valence-electron chi connectivity index (χ3n) is 2.87. The molecule has 0 radical (unpaired) electrons. The molecule has 2 rings (SSSR count). The first kappa shape index (κ1) is 12.6. The molecule has 0 aromatic heterocycles. The molecule has 0 bridgehead atoms. The molecule has 0 aliphatic carbocycles.